The van der Waals surface area contributed by atoms with E-state index >= 15 is 0 Å². The van der Waals surface area contributed by atoms with Crippen LogP contribution in [0.4, 0.5) is 11.6 Å². The van der Waals surface area contributed by atoms with E-state index in [-0.39, 0.29) is 11.3 Å². The van der Waals surface area contributed by atoms with Crippen molar-refractivity contribution >= 4 is 23.5 Å². The highest BCUT2D eigenvalue weighted by Crippen LogP contribution is 2.11. The summed E-state index contributed by atoms with van der Waals surface area (Å²) in [6, 6.07) is 6.09. The van der Waals surface area contributed by atoms with Gasteiger partial charge < -0.3 is 19.7 Å². The predicted octanol–water partition coefficient (Wildman–Crippen LogP) is 2.18. The van der Waals surface area contributed by atoms with Crippen LogP contribution in [0.5, 0.6) is 0 Å². The van der Waals surface area contributed by atoms with Gasteiger partial charge in [-0.15, -0.1) is 0 Å². The first-order valence-corrected chi connectivity index (χ1v) is 6.96. The van der Waals surface area contributed by atoms with Gasteiger partial charge in [0.15, 0.2) is 11.6 Å². The SMILES string of the molecule is Cc1cc(NC(=O)c2ccc(C(=O)Nc3cc(C)on3)nc2)no1. The number of rotatable bonds is 4. The van der Waals surface area contributed by atoms with Gasteiger partial charge in [-0.1, -0.05) is 10.3 Å². The zero-order valence-corrected chi connectivity index (χ0v) is 12.9. The smallest absolute Gasteiger partial charge is 0.275 e. The zero-order chi connectivity index (χ0) is 17.1. The molecule has 0 unspecified atom stereocenters. The van der Waals surface area contributed by atoms with Gasteiger partial charge in [-0.2, -0.15) is 0 Å². The summed E-state index contributed by atoms with van der Waals surface area (Å²) in [4.78, 5) is 28.0. The van der Waals surface area contributed by atoms with E-state index < -0.39 is 11.8 Å². The van der Waals surface area contributed by atoms with Gasteiger partial charge in [-0.25, -0.2) is 0 Å². The minimum absolute atomic E-state index is 0.143. The molecule has 0 aliphatic rings. The first-order valence-electron chi connectivity index (χ1n) is 6.96. The number of amides is 2. The molecule has 122 valence electrons. The zero-order valence-electron chi connectivity index (χ0n) is 12.9. The van der Waals surface area contributed by atoms with E-state index in [2.05, 4.69) is 25.9 Å². The first kappa shape index (κ1) is 15.4. The van der Waals surface area contributed by atoms with Crippen molar-refractivity contribution in [2.45, 2.75) is 13.8 Å². The molecule has 3 aromatic heterocycles. The minimum atomic E-state index is -0.456. The molecule has 0 aliphatic heterocycles. The third-order valence-corrected chi connectivity index (χ3v) is 3.00. The van der Waals surface area contributed by atoms with E-state index in [1.807, 2.05) is 0 Å². The predicted molar refractivity (Wildman–Crippen MR) is 82.6 cm³/mol. The Labute approximate surface area is 136 Å². The van der Waals surface area contributed by atoms with Crippen LogP contribution in [0.1, 0.15) is 32.4 Å². The van der Waals surface area contributed by atoms with Crippen LogP contribution in [0.2, 0.25) is 0 Å². The topological polar surface area (TPSA) is 123 Å². The van der Waals surface area contributed by atoms with E-state index in [1.54, 1.807) is 26.0 Å². The lowest BCUT2D eigenvalue weighted by Crippen LogP contribution is -2.16. The highest BCUT2D eigenvalue weighted by molar-refractivity contribution is 6.05. The number of carbonyl (C=O) groups is 2. The lowest BCUT2D eigenvalue weighted by atomic mass is 10.2. The number of pyridine rings is 1. The Balaban J connectivity index is 1.66. The molecule has 3 heterocycles. The van der Waals surface area contributed by atoms with E-state index in [4.69, 9.17) is 9.05 Å². The van der Waals surface area contributed by atoms with Crippen molar-refractivity contribution in [2.75, 3.05) is 10.6 Å². The van der Waals surface area contributed by atoms with Gasteiger partial charge in [-0.05, 0) is 26.0 Å². The van der Waals surface area contributed by atoms with Crippen molar-refractivity contribution < 1.29 is 18.6 Å². The summed E-state index contributed by atoms with van der Waals surface area (Å²) in [5, 5.41) is 12.4. The monoisotopic (exact) mass is 327 g/mol. The van der Waals surface area contributed by atoms with E-state index in [0.29, 0.717) is 23.2 Å². The van der Waals surface area contributed by atoms with Crippen LogP contribution in [-0.4, -0.2) is 27.1 Å². The molecule has 0 aromatic carbocycles. The molecule has 0 radical (unpaired) electrons. The average Bonchev–Trinajstić information content (AvgIpc) is 3.15. The normalized spacial score (nSPS) is 10.4. The van der Waals surface area contributed by atoms with Crippen LogP contribution in [0.15, 0.2) is 39.5 Å². The highest BCUT2D eigenvalue weighted by atomic mass is 16.5. The number of nitrogens with zero attached hydrogens (tertiary/aromatic N) is 3. The third kappa shape index (κ3) is 3.46. The summed E-state index contributed by atoms with van der Waals surface area (Å²) >= 11 is 0. The maximum atomic E-state index is 12.0. The van der Waals surface area contributed by atoms with Gasteiger partial charge in [0.25, 0.3) is 11.8 Å². The fourth-order valence-electron chi connectivity index (χ4n) is 1.88. The first-order chi connectivity index (χ1) is 11.5. The second kappa shape index (κ2) is 6.32. The number of carbonyl (C=O) groups excluding carboxylic acids is 2. The molecule has 9 nitrogen and oxygen atoms in total. The summed E-state index contributed by atoms with van der Waals surface area (Å²) < 4.78 is 9.72. The molecule has 3 rings (SSSR count). The number of nitrogens with one attached hydrogen (secondary N) is 2. The van der Waals surface area contributed by atoms with Crippen molar-refractivity contribution in [3.05, 3.63) is 53.2 Å². The summed E-state index contributed by atoms with van der Waals surface area (Å²) in [7, 11) is 0. The van der Waals surface area contributed by atoms with Gasteiger partial charge in [0.1, 0.15) is 17.2 Å². The molecule has 2 N–H and O–H groups in total. The Morgan fingerprint density at radius 3 is 1.96 bits per heavy atom. The number of aromatic nitrogens is 3. The van der Waals surface area contributed by atoms with E-state index in [0.717, 1.165) is 0 Å². The Morgan fingerprint density at radius 2 is 1.50 bits per heavy atom. The molecule has 24 heavy (non-hydrogen) atoms. The van der Waals surface area contributed by atoms with Gasteiger partial charge >= 0.3 is 0 Å². The molecule has 3 aromatic rings. The molecule has 0 atom stereocenters. The standard InChI is InChI=1S/C15H13N5O4/c1-8-5-12(19-23-8)17-14(21)10-3-4-11(16-7-10)15(22)18-13-6-9(2)24-20-13/h3-7H,1-2H3,(H,17,19,21)(H,18,20,22). The summed E-state index contributed by atoms with van der Waals surface area (Å²) in [6.07, 6.45) is 1.30. The van der Waals surface area contributed by atoms with Crippen molar-refractivity contribution in [2.24, 2.45) is 0 Å². The second-order valence-electron chi connectivity index (χ2n) is 4.99. The molecule has 0 spiro atoms. The average molecular weight is 327 g/mol. The number of hydrogen-bond donors (Lipinski definition) is 2. The molecule has 0 aliphatic carbocycles. The molecule has 2 amide bonds. The second-order valence-corrected chi connectivity index (χ2v) is 4.99. The fourth-order valence-corrected chi connectivity index (χ4v) is 1.88. The van der Waals surface area contributed by atoms with Gasteiger partial charge in [-0.3, -0.25) is 14.6 Å². The van der Waals surface area contributed by atoms with Crippen LogP contribution in [0.3, 0.4) is 0 Å². The maximum absolute atomic E-state index is 12.0. The maximum Gasteiger partial charge on any atom is 0.275 e. The van der Waals surface area contributed by atoms with Crippen molar-refractivity contribution in [1.82, 2.24) is 15.3 Å². The van der Waals surface area contributed by atoms with Crippen LogP contribution in [0.25, 0.3) is 0 Å². The quantitative estimate of drug-likeness (QED) is 0.752. The Morgan fingerprint density at radius 1 is 0.917 bits per heavy atom. The lowest BCUT2D eigenvalue weighted by Gasteiger charge is -2.03. The lowest BCUT2D eigenvalue weighted by molar-refractivity contribution is 0.101. The molecule has 0 saturated carbocycles. The number of anilines is 2. The number of hydrogen-bond acceptors (Lipinski definition) is 7. The Bertz CT molecular complexity index is 808. The summed E-state index contributed by atoms with van der Waals surface area (Å²) in [5.74, 6) is 0.896. The van der Waals surface area contributed by atoms with Crippen LogP contribution < -0.4 is 10.6 Å². The largest absolute Gasteiger partial charge is 0.360 e. The van der Waals surface area contributed by atoms with E-state index in [1.165, 1.54) is 18.3 Å². The molecule has 0 bridgehead atoms. The van der Waals surface area contributed by atoms with Gasteiger partial charge in [0.05, 0.1) is 5.56 Å². The van der Waals surface area contributed by atoms with Crippen LogP contribution in [-0.2, 0) is 0 Å². The minimum Gasteiger partial charge on any atom is -0.360 e. The van der Waals surface area contributed by atoms with E-state index in [9.17, 15) is 9.59 Å². The molecular weight excluding hydrogens is 314 g/mol. The molecule has 0 saturated heterocycles. The Hall–Kier alpha value is -3.49. The van der Waals surface area contributed by atoms with Crippen LogP contribution in [0, 0.1) is 13.8 Å². The van der Waals surface area contributed by atoms with Crippen molar-refractivity contribution in [3.63, 3.8) is 0 Å². The Kier molecular flexibility index (Phi) is 4.06. The molecule has 0 fully saturated rings. The molecular formula is C15H13N5O4. The number of aryl methyl sites for hydroxylation is 2. The van der Waals surface area contributed by atoms with Gasteiger partial charge in [0.2, 0.25) is 0 Å². The summed E-state index contributed by atoms with van der Waals surface area (Å²) in [5.41, 5.74) is 0.425. The van der Waals surface area contributed by atoms with Crippen molar-refractivity contribution in [3.8, 4) is 0 Å². The summed E-state index contributed by atoms with van der Waals surface area (Å²) in [6.45, 7) is 3.43. The van der Waals surface area contributed by atoms with Crippen LogP contribution >= 0.6 is 0 Å². The fraction of sp³-hybridized carbons (Fsp3) is 0.133. The van der Waals surface area contributed by atoms with Gasteiger partial charge in [0, 0.05) is 18.3 Å². The third-order valence-electron chi connectivity index (χ3n) is 3.00. The molecule has 9 heteroatoms. The van der Waals surface area contributed by atoms with Crippen molar-refractivity contribution in [1.29, 1.82) is 0 Å². The highest BCUT2D eigenvalue weighted by Gasteiger charge is 2.13.